The van der Waals surface area contributed by atoms with Crippen molar-refractivity contribution in [3.05, 3.63) is 48.6 Å². The van der Waals surface area contributed by atoms with E-state index < -0.39 is 24.5 Å². The van der Waals surface area contributed by atoms with Crippen LogP contribution >= 0.6 is 0 Å². The van der Waals surface area contributed by atoms with Crippen molar-refractivity contribution in [2.75, 3.05) is 13.2 Å². The number of allylic oxidation sites excluding steroid dienone is 8. The molecule has 2 atom stereocenters. The summed E-state index contributed by atoms with van der Waals surface area (Å²) in [4.78, 5) is 47.6. The molecule has 0 spiro atoms. The minimum absolute atomic E-state index is 0.0339. The van der Waals surface area contributed by atoms with E-state index in [2.05, 4.69) is 73.1 Å². The molecule has 0 aliphatic heterocycles. The van der Waals surface area contributed by atoms with E-state index in [0.29, 0.717) is 12.8 Å². The topological polar surface area (TPSA) is 142 Å². The van der Waals surface area contributed by atoms with Crippen LogP contribution in [0.25, 0.3) is 0 Å². The average molecular weight is 773 g/mol. The molecule has 2 amide bonds. The standard InChI is InChI=1S/C46H80N2O7/c1-3-5-7-9-11-13-15-17-18-19-21-23-25-30-34-38-45(52)55-41(35-31-27-24-22-20-16-14-12-10-8-6-4-2)36-32-28-26-29-33-37-43(50)47-39-44(51)48-42(40-49)46(53)54/h5,7,11,13,17-18,21,23,41-42,49H,3-4,6,8-10,12,14-16,19-20,22,24-40H2,1-2H3,(H,47,50)(H,48,51)(H,53,54)/b7-5-,13-11-,18-17-,23-21-. The van der Waals surface area contributed by atoms with Gasteiger partial charge in [0.15, 0.2) is 0 Å². The van der Waals surface area contributed by atoms with Gasteiger partial charge in [-0.05, 0) is 77.0 Å². The molecule has 0 aromatic rings. The number of amides is 2. The summed E-state index contributed by atoms with van der Waals surface area (Å²) in [7, 11) is 0. The van der Waals surface area contributed by atoms with E-state index in [0.717, 1.165) is 89.9 Å². The molecule has 9 nitrogen and oxygen atoms in total. The summed E-state index contributed by atoms with van der Waals surface area (Å²) in [6.07, 6.45) is 47.1. The first-order valence-corrected chi connectivity index (χ1v) is 22.0. The van der Waals surface area contributed by atoms with Gasteiger partial charge in [-0.25, -0.2) is 4.79 Å². The molecule has 0 heterocycles. The van der Waals surface area contributed by atoms with Gasteiger partial charge in [0.05, 0.1) is 13.2 Å². The number of hydrogen-bond donors (Lipinski definition) is 4. The average Bonchev–Trinajstić information content (AvgIpc) is 3.17. The molecular formula is C46H80N2O7. The smallest absolute Gasteiger partial charge is 0.328 e. The van der Waals surface area contributed by atoms with E-state index in [9.17, 15) is 19.2 Å². The number of carbonyl (C=O) groups is 4. The summed E-state index contributed by atoms with van der Waals surface area (Å²) in [5.74, 6) is -2.34. The molecule has 0 aromatic heterocycles. The van der Waals surface area contributed by atoms with E-state index >= 15 is 0 Å². The van der Waals surface area contributed by atoms with Crippen LogP contribution in [0.3, 0.4) is 0 Å². The number of carbonyl (C=O) groups excluding carboxylic acids is 3. The maximum atomic E-state index is 12.8. The molecule has 0 aliphatic rings. The summed E-state index contributed by atoms with van der Waals surface area (Å²) in [5, 5.41) is 22.6. The summed E-state index contributed by atoms with van der Waals surface area (Å²) in [5.41, 5.74) is 0. The molecule has 0 saturated heterocycles. The molecule has 55 heavy (non-hydrogen) atoms. The first-order valence-electron chi connectivity index (χ1n) is 22.0. The fraction of sp³-hybridized carbons (Fsp3) is 0.739. The van der Waals surface area contributed by atoms with Crippen molar-refractivity contribution in [2.24, 2.45) is 0 Å². The van der Waals surface area contributed by atoms with Crippen LogP contribution < -0.4 is 10.6 Å². The van der Waals surface area contributed by atoms with Crippen LogP contribution in [0, 0.1) is 0 Å². The summed E-state index contributed by atoms with van der Waals surface area (Å²) in [6.45, 7) is 3.36. The molecule has 9 heteroatoms. The maximum Gasteiger partial charge on any atom is 0.328 e. The molecule has 4 N–H and O–H groups in total. The SMILES string of the molecule is CC/C=C\C/C=C\C/C=C\C/C=C\CCCCC(=O)OC(CCCCCCCCCCCCCC)CCCCCCCC(=O)NCC(=O)NC(CO)C(=O)O. The first-order chi connectivity index (χ1) is 26.8. The van der Waals surface area contributed by atoms with Gasteiger partial charge < -0.3 is 25.6 Å². The number of carboxylic acids is 1. The minimum atomic E-state index is -1.39. The van der Waals surface area contributed by atoms with Crippen molar-refractivity contribution in [3.8, 4) is 0 Å². The number of aliphatic hydroxyl groups excluding tert-OH is 1. The molecule has 316 valence electrons. The fourth-order valence-electron chi connectivity index (χ4n) is 6.24. The Labute approximate surface area is 335 Å². The number of unbranched alkanes of at least 4 members (excludes halogenated alkanes) is 17. The quantitative estimate of drug-likeness (QED) is 0.0277. The van der Waals surface area contributed by atoms with E-state index in [1.807, 2.05) is 0 Å². The van der Waals surface area contributed by atoms with Crippen molar-refractivity contribution in [1.82, 2.24) is 10.6 Å². The lowest BCUT2D eigenvalue weighted by atomic mass is 10.0. The normalized spacial score (nSPS) is 12.9. The Balaban J connectivity index is 4.39. The molecule has 0 fully saturated rings. The van der Waals surface area contributed by atoms with Gasteiger partial charge in [-0.2, -0.15) is 0 Å². The Kier molecular flexibility index (Phi) is 38.1. The van der Waals surface area contributed by atoms with Crippen molar-refractivity contribution in [3.63, 3.8) is 0 Å². The highest BCUT2D eigenvalue weighted by Gasteiger charge is 2.19. The van der Waals surface area contributed by atoms with Gasteiger partial charge in [-0.15, -0.1) is 0 Å². The van der Waals surface area contributed by atoms with Gasteiger partial charge in [0.1, 0.15) is 12.1 Å². The van der Waals surface area contributed by atoms with Crippen LogP contribution in [0.2, 0.25) is 0 Å². The summed E-state index contributed by atoms with van der Waals surface area (Å²) in [6, 6.07) is -1.39. The van der Waals surface area contributed by atoms with Gasteiger partial charge in [0, 0.05) is 12.8 Å². The Morgan fingerprint density at radius 3 is 1.55 bits per heavy atom. The van der Waals surface area contributed by atoms with Crippen LogP contribution in [0.4, 0.5) is 0 Å². The third-order valence-corrected chi connectivity index (χ3v) is 9.59. The monoisotopic (exact) mass is 773 g/mol. The first kappa shape index (κ1) is 51.8. The molecule has 0 bridgehead atoms. The zero-order valence-corrected chi connectivity index (χ0v) is 34.9. The predicted octanol–water partition coefficient (Wildman–Crippen LogP) is 10.8. The third-order valence-electron chi connectivity index (χ3n) is 9.59. The highest BCUT2D eigenvalue weighted by molar-refractivity contribution is 5.87. The number of aliphatic carboxylic acids is 1. The number of aliphatic hydroxyl groups is 1. The van der Waals surface area contributed by atoms with Gasteiger partial charge in [-0.1, -0.05) is 152 Å². The van der Waals surface area contributed by atoms with Gasteiger partial charge in [-0.3, -0.25) is 14.4 Å². The number of ether oxygens (including phenoxy) is 1. The number of hydrogen-bond acceptors (Lipinski definition) is 6. The van der Waals surface area contributed by atoms with Crippen LogP contribution in [-0.4, -0.2) is 59.3 Å². The molecule has 0 rings (SSSR count). The number of rotatable bonds is 39. The lowest BCUT2D eigenvalue weighted by Crippen LogP contribution is -2.47. The van der Waals surface area contributed by atoms with E-state index in [-0.39, 0.29) is 30.9 Å². The van der Waals surface area contributed by atoms with Crippen LogP contribution in [0.1, 0.15) is 194 Å². The van der Waals surface area contributed by atoms with Gasteiger partial charge in [0.2, 0.25) is 11.8 Å². The van der Waals surface area contributed by atoms with Crippen molar-refractivity contribution in [1.29, 1.82) is 0 Å². The Hall–Kier alpha value is -3.20. The maximum absolute atomic E-state index is 12.8. The van der Waals surface area contributed by atoms with Gasteiger partial charge in [0.25, 0.3) is 0 Å². The highest BCUT2D eigenvalue weighted by atomic mass is 16.5. The molecule has 0 aromatic carbocycles. The number of esters is 1. The number of carboxylic acid groups (broad SMARTS) is 1. The highest BCUT2D eigenvalue weighted by Crippen LogP contribution is 2.19. The Morgan fingerprint density at radius 2 is 1.04 bits per heavy atom. The molecule has 0 saturated carbocycles. The molecule has 0 aliphatic carbocycles. The van der Waals surface area contributed by atoms with E-state index in [1.54, 1.807) is 0 Å². The lowest BCUT2D eigenvalue weighted by Gasteiger charge is -2.18. The molecule has 0 radical (unpaired) electrons. The van der Waals surface area contributed by atoms with Gasteiger partial charge >= 0.3 is 11.9 Å². The van der Waals surface area contributed by atoms with Crippen molar-refractivity contribution >= 4 is 23.8 Å². The number of nitrogens with one attached hydrogen (secondary N) is 2. The Morgan fingerprint density at radius 1 is 0.564 bits per heavy atom. The largest absolute Gasteiger partial charge is 0.480 e. The van der Waals surface area contributed by atoms with Crippen molar-refractivity contribution in [2.45, 2.75) is 206 Å². The fourth-order valence-corrected chi connectivity index (χ4v) is 6.24. The Bertz CT molecular complexity index is 1070. The summed E-state index contributed by atoms with van der Waals surface area (Å²) >= 11 is 0. The lowest BCUT2D eigenvalue weighted by molar-refractivity contribution is -0.150. The molecule has 2 unspecified atom stereocenters. The molecular weight excluding hydrogens is 693 g/mol. The summed E-state index contributed by atoms with van der Waals surface area (Å²) < 4.78 is 6.01. The van der Waals surface area contributed by atoms with Crippen molar-refractivity contribution < 1.29 is 34.1 Å². The predicted molar refractivity (Wildman–Crippen MR) is 227 cm³/mol. The zero-order chi connectivity index (χ0) is 40.5. The van der Waals surface area contributed by atoms with E-state index in [4.69, 9.17) is 14.9 Å². The second-order valence-electron chi connectivity index (χ2n) is 14.8. The van der Waals surface area contributed by atoms with Crippen LogP contribution in [0.15, 0.2) is 48.6 Å². The van der Waals surface area contributed by atoms with Crippen LogP contribution in [-0.2, 0) is 23.9 Å². The second-order valence-corrected chi connectivity index (χ2v) is 14.8. The second kappa shape index (κ2) is 40.5. The van der Waals surface area contributed by atoms with Crippen LogP contribution in [0.5, 0.6) is 0 Å². The minimum Gasteiger partial charge on any atom is -0.480 e. The third kappa shape index (κ3) is 37.5. The zero-order valence-electron chi connectivity index (χ0n) is 34.9. The van der Waals surface area contributed by atoms with E-state index in [1.165, 1.54) is 70.6 Å².